The lowest BCUT2D eigenvalue weighted by molar-refractivity contribution is 0.0671. The summed E-state index contributed by atoms with van der Waals surface area (Å²) < 4.78 is 1.94. The van der Waals surface area contributed by atoms with Crippen LogP contribution in [0.15, 0.2) is 13.6 Å². The average Bonchev–Trinajstić information content (AvgIpc) is 2.99. The first-order valence-corrected chi connectivity index (χ1v) is 9.65. The minimum atomic E-state index is 0.186. The van der Waals surface area contributed by atoms with Crippen LogP contribution < -0.4 is 0 Å². The van der Waals surface area contributed by atoms with Crippen LogP contribution in [0.2, 0.25) is 0 Å². The van der Waals surface area contributed by atoms with E-state index in [0.717, 1.165) is 38.9 Å². The summed E-state index contributed by atoms with van der Waals surface area (Å²) in [6, 6.07) is 2.38. The molecule has 0 unspecified atom stereocenters. The Hall–Kier alpha value is 0.130. The summed E-state index contributed by atoms with van der Waals surface area (Å²) >= 11 is 8.55. The van der Waals surface area contributed by atoms with E-state index in [2.05, 4.69) is 50.6 Å². The number of carbonyl (C=O) groups is 1. The molecule has 1 aromatic rings. The van der Waals surface area contributed by atoms with Crippen molar-refractivity contribution in [3.05, 3.63) is 19.2 Å². The fraction of sp³-hybridized carbons (Fsp3) is 0.667. The average molecular weight is 423 g/mol. The normalized spacial score (nSPS) is 16.1. The van der Waals surface area contributed by atoms with Crippen molar-refractivity contribution in [3.63, 3.8) is 0 Å². The predicted molar refractivity (Wildman–Crippen MR) is 92.5 cm³/mol. The zero-order chi connectivity index (χ0) is 14.7. The second kappa shape index (κ2) is 7.41. The van der Waals surface area contributed by atoms with E-state index in [0.29, 0.717) is 12.0 Å². The molecule has 1 aliphatic carbocycles. The van der Waals surface area contributed by atoms with Gasteiger partial charge in [0, 0.05) is 12.6 Å². The Kier molecular flexibility index (Phi) is 6.11. The first-order valence-electron chi connectivity index (χ1n) is 7.25. The number of hydrogen-bond acceptors (Lipinski definition) is 2. The molecular weight excluding hydrogens is 402 g/mol. The van der Waals surface area contributed by atoms with Gasteiger partial charge in [-0.1, -0.05) is 26.7 Å². The van der Waals surface area contributed by atoms with Crippen LogP contribution in [0.3, 0.4) is 0 Å². The molecule has 0 bridgehead atoms. The molecule has 0 spiro atoms. The summed E-state index contributed by atoms with van der Waals surface area (Å²) in [4.78, 5) is 15.0. The van der Waals surface area contributed by atoms with Crippen LogP contribution in [-0.2, 0) is 0 Å². The maximum absolute atomic E-state index is 12.9. The first-order chi connectivity index (χ1) is 9.49. The molecule has 0 aromatic carbocycles. The zero-order valence-corrected chi connectivity index (χ0v) is 16.0. The Morgan fingerprint density at radius 2 is 2.05 bits per heavy atom. The Morgan fingerprint density at radius 3 is 2.55 bits per heavy atom. The molecule has 2 nitrogen and oxygen atoms in total. The van der Waals surface area contributed by atoms with Gasteiger partial charge in [-0.3, -0.25) is 4.79 Å². The number of hydrogen-bond donors (Lipinski definition) is 0. The van der Waals surface area contributed by atoms with E-state index in [1.54, 1.807) is 11.3 Å². The Morgan fingerprint density at radius 1 is 1.40 bits per heavy atom. The summed E-state index contributed by atoms with van der Waals surface area (Å²) in [5.74, 6) is 0.815. The minimum absolute atomic E-state index is 0.186. The molecule has 0 aliphatic heterocycles. The maximum atomic E-state index is 12.9. The monoisotopic (exact) mass is 421 g/mol. The number of amides is 1. The lowest BCUT2D eigenvalue weighted by Gasteiger charge is -2.29. The highest BCUT2D eigenvalue weighted by molar-refractivity contribution is 9.12. The third kappa shape index (κ3) is 4.08. The van der Waals surface area contributed by atoms with Gasteiger partial charge in [0.05, 0.1) is 13.1 Å². The quantitative estimate of drug-likeness (QED) is 0.595. The van der Waals surface area contributed by atoms with Gasteiger partial charge in [-0.15, -0.1) is 11.3 Å². The molecule has 1 saturated carbocycles. The van der Waals surface area contributed by atoms with Gasteiger partial charge in [-0.25, -0.2) is 0 Å². The third-order valence-electron chi connectivity index (χ3n) is 3.86. The zero-order valence-electron chi connectivity index (χ0n) is 12.0. The van der Waals surface area contributed by atoms with Crippen molar-refractivity contribution < 1.29 is 4.79 Å². The van der Waals surface area contributed by atoms with E-state index in [4.69, 9.17) is 0 Å². The highest BCUT2D eigenvalue weighted by atomic mass is 79.9. The molecule has 1 fully saturated rings. The van der Waals surface area contributed by atoms with Crippen LogP contribution in [-0.4, -0.2) is 23.4 Å². The fourth-order valence-electron chi connectivity index (χ4n) is 2.70. The van der Waals surface area contributed by atoms with Crippen LogP contribution in [0.5, 0.6) is 0 Å². The highest BCUT2D eigenvalue weighted by Crippen LogP contribution is 2.34. The SMILES string of the molecule is CC(C)CCN(C(=O)c1cc(Br)sc1Br)C1CCCC1. The van der Waals surface area contributed by atoms with Crippen LogP contribution in [0, 0.1) is 5.92 Å². The van der Waals surface area contributed by atoms with Gasteiger partial charge >= 0.3 is 0 Å². The van der Waals surface area contributed by atoms with Crippen molar-refractivity contribution in [3.8, 4) is 0 Å². The summed E-state index contributed by atoms with van der Waals surface area (Å²) in [6.07, 6.45) is 5.90. The first kappa shape index (κ1) is 16.5. The molecule has 5 heteroatoms. The molecule has 1 amide bonds. The molecule has 2 rings (SSSR count). The Labute approximate surface area is 142 Å². The maximum Gasteiger partial charge on any atom is 0.256 e. The van der Waals surface area contributed by atoms with Crippen molar-refractivity contribution in [2.75, 3.05) is 6.54 Å². The van der Waals surface area contributed by atoms with E-state index >= 15 is 0 Å². The largest absolute Gasteiger partial charge is 0.336 e. The summed E-state index contributed by atoms with van der Waals surface area (Å²) in [5.41, 5.74) is 0.803. The van der Waals surface area contributed by atoms with E-state index in [-0.39, 0.29) is 5.91 Å². The van der Waals surface area contributed by atoms with Gasteiger partial charge in [-0.2, -0.15) is 0 Å². The molecule has 0 atom stereocenters. The van der Waals surface area contributed by atoms with E-state index in [1.165, 1.54) is 12.8 Å². The summed E-state index contributed by atoms with van der Waals surface area (Å²) in [6.45, 7) is 5.31. The van der Waals surface area contributed by atoms with Crippen molar-refractivity contribution >= 4 is 49.1 Å². The van der Waals surface area contributed by atoms with Crippen LogP contribution in [0.4, 0.5) is 0 Å². The van der Waals surface area contributed by atoms with Gasteiger partial charge in [0.15, 0.2) is 0 Å². The molecular formula is C15H21Br2NOS. The number of rotatable bonds is 5. The van der Waals surface area contributed by atoms with E-state index < -0.39 is 0 Å². The van der Waals surface area contributed by atoms with Crippen molar-refractivity contribution in [2.45, 2.75) is 52.0 Å². The van der Waals surface area contributed by atoms with Crippen LogP contribution in [0.1, 0.15) is 56.3 Å². The topological polar surface area (TPSA) is 20.3 Å². The Balaban J connectivity index is 2.16. The molecule has 1 aliphatic rings. The molecule has 0 N–H and O–H groups in total. The molecule has 20 heavy (non-hydrogen) atoms. The second-order valence-electron chi connectivity index (χ2n) is 5.86. The van der Waals surface area contributed by atoms with Crippen molar-refractivity contribution in [1.82, 2.24) is 4.90 Å². The lowest BCUT2D eigenvalue weighted by Crippen LogP contribution is -2.40. The van der Waals surface area contributed by atoms with Crippen LogP contribution in [0.25, 0.3) is 0 Å². The van der Waals surface area contributed by atoms with Gasteiger partial charge in [0.1, 0.15) is 0 Å². The van der Waals surface area contributed by atoms with E-state index in [9.17, 15) is 4.79 Å². The van der Waals surface area contributed by atoms with Gasteiger partial charge in [-0.05, 0) is 63.1 Å². The smallest absolute Gasteiger partial charge is 0.256 e. The molecule has 0 radical (unpaired) electrons. The second-order valence-corrected chi connectivity index (χ2v) is 9.61. The number of carbonyl (C=O) groups excluding carboxylic acids is 1. The molecule has 1 aromatic heterocycles. The predicted octanol–water partition coefficient (Wildman–Crippen LogP) is 5.70. The standard InChI is InChI=1S/C15H21Br2NOS/c1-10(2)7-8-18(11-5-3-4-6-11)15(19)12-9-13(16)20-14(12)17/h9-11H,3-8H2,1-2H3. The number of halogens is 2. The Bertz CT molecular complexity index is 466. The molecule has 0 saturated heterocycles. The fourth-order valence-corrected chi connectivity index (χ4v) is 5.48. The van der Waals surface area contributed by atoms with Crippen molar-refractivity contribution in [1.29, 1.82) is 0 Å². The van der Waals surface area contributed by atoms with Gasteiger partial charge in [0.25, 0.3) is 5.91 Å². The van der Waals surface area contributed by atoms with Crippen LogP contribution >= 0.6 is 43.2 Å². The summed E-state index contributed by atoms with van der Waals surface area (Å²) in [5, 5.41) is 0. The third-order valence-corrected chi connectivity index (χ3v) is 6.20. The van der Waals surface area contributed by atoms with Gasteiger partial charge < -0.3 is 4.90 Å². The van der Waals surface area contributed by atoms with E-state index in [1.807, 2.05) is 6.07 Å². The van der Waals surface area contributed by atoms with Gasteiger partial charge in [0.2, 0.25) is 0 Å². The highest BCUT2D eigenvalue weighted by Gasteiger charge is 2.29. The summed E-state index contributed by atoms with van der Waals surface area (Å²) in [7, 11) is 0. The minimum Gasteiger partial charge on any atom is -0.336 e. The number of thiophene rings is 1. The van der Waals surface area contributed by atoms with Crippen molar-refractivity contribution in [2.24, 2.45) is 5.92 Å². The molecule has 112 valence electrons. The molecule has 1 heterocycles. The number of nitrogens with zero attached hydrogens (tertiary/aromatic N) is 1. The lowest BCUT2D eigenvalue weighted by atomic mass is 10.1.